The summed E-state index contributed by atoms with van der Waals surface area (Å²) in [5, 5.41) is 7.32. The summed E-state index contributed by atoms with van der Waals surface area (Å²) in [7, 11) is 0. The largest absolute Gasteiger partial charge is 0.490 e. The maximum atomic E-state index is 13.5. The lowest BCUT2D eigenvalue weighted by Gasteiger charge is -2.25. The van der Waals surface area contributed by atoms with E-state index in [1.807, 2.05) is 30.5 Å². The first-order valence-electron chi connectivity index (χ1n) is 10.4. The molecule has 1 aliphatic rings. The highest BCUT2D eigenvalue weighted by Crippen LogP contribution is 2.35. The lowest BCUT2D eigenvalue weighted by Crippen LogP contribution is -2.34. The predicted octanol–water partition coefficient (Wildman–Crippen LogP) is 4.71. The van der Waals surface area contributed by atoms with Crippen molar-refractivity contribution in [2.45, 2.75) is 18.9 Å². The number of benzene rings is 2. The van der Waals surface area contributed by atoms with Gasteiger partial charge in [-0.1, -0.05) is 12.1 Å². The van der Waals surface area contributed by atoms with E-state index in [1.54, 1.807) is 24.5 Å². The van der Waals surface area contributed by atoms with E-state index >= 15 is 0 Å². The zero-order valence-electron chi connectivity index (χ0n) is 16.9. The van der Waals surface area contributed by atoms with Crippen molar-refractivity contribution < 1.29 is 9.13 Å². The maximum Gasteiger partial charge on any atom is 0.227 e. The third-order valence-electron chi connectivity index (χ3n) is 5.31. The van der Waals surface area contributed by atoms with Crippen molar-refractivity contribution in [1.29, 1.82) is 0 Å². The molecule has 1 aliphatic heterocycles. The Hall–Kier alpha value is -3.58. The van der Waals surface area contributed by atoms with Crippen LogP contribution in [0.1, 0.15) is 12.8 Å². The molecule has 0 saturated carbocycles. The third kappa shape index (κ3) is 4.46. The first-order chi connectivity index (χ1) is 15.2. The Balaban J connectivity index is 1.53. The lowest BCUT2D eigenvalue weighted by molar-refractivity contribution is 0.163. The van der Waals surface area contributed by atoms with Crippen molar-refractivity contribution in [3.63, 3.8) is 0 Å². The zero-order valence-corrected chi connectivity index (χ0v) is 16.9. The molecule has 7 heteroatoms. The minimum Gasteiger partial charge on any atom is -0.490 e. The number of fused-ring (bicyclic) bond motifs is 1. The number of ether oxygens (including phenoxy) is 1. The first-order valence-corrected chi connectivity index (χ1v) is 10.4. The lowest BCUT2D eigenvalue weighted by atomic mass is 10.0. The molecule has 0 unspecified atom stereocenters. The van der Waals surface area contributed by atoms with E-state index < -0.39 is 0 Å². The number of anilines is 2. The average Bonchev–Trinajstić information content (AvgIpc) is 2.80. The van der Waals surface area contributed by atoms with Crippen LogP contribution in [0.25, 0.3) is 22.0 Å². The van der Waals surface area contributed by atoms with Crippen molar-refractivity contribution in [2.75, 3.05) is 18.4 Å². The molecule has 2 aromatic carbocycles. The molecule has 0 bridgehead atoms. The van der Waals surface area contributed by atoms with Crippen LogP contribution in [0.4, 0.5) is 16.0 Å². The number of pyridine rings is 1. The second kappa shape index (κ2) is 8.65. The summed E-state index contributed by atoms with van der Waals surface area (Å²) >= 11 is 0. The second-order valence-electron chi connectivity index (χ2n) is 7.55. The van der Waals surface area contributed by atoms with Crippen molar-refractivity contribution >= 4 is 22.5 Å². The van der Waals surface area contributed by atoms with Gasteiger partial charge in [0.1, 0.15) is 17.7 Å². The maximum absolute atomic E-state index is 13.5. The van der Waals surface area contributed by atoms with Crippen LogP contribution in [0.3, 0.4) is 0 Å². The Bertz CT molecular complexity index is 1200. The molecule has 0 radical (unpaired) electrons. The molecular formula is C24H22FN5O. The average molecular weight is 415 g/mol. The van der Waals surface area contributed by atoms with Gasteiger partial charge in [0.15, 0.2) is 0 Å². The van der Waals surface area contributed by atoms with Gasteiger partial charge in [-0.15, -0.1) is 0 Å². The summed E-state index contributed by atoms with van der Waals surface area (Å²) in [4.78, 5) is 13.3. The van der Waals surface area contributed by atoms with Gasteiger partial charge in [-0.3, -0.25) is 4.98 Å². The molecule has 3 heterocycles. The van der Waals surface area contributed by atoms with Gasteiger partial charge in [-0.25, -0.2) is 14.4 Å². The van der Waals surface area contributed by atoms with E-state index in [0.29, 0.717) is 11.6 Å². The standard InChI is InChI=1S/C24H22FN5O/c25-18-4-1-5-19(12-18)29-24-28-15-17-11-21(16-3-2-8-27-14-16)23(13-22(17)30-24)31-20-6-9-26-10-7-20/h1-5,8,11-15,20,26H,6-7,9-10H2,(H,28,29,30). The Morgan fingerprint density at radius 1 is 1.03 bits per heavy atom. The molecule has 6 nitrogen and oxygen atoms in total. The van der Waals surface area contributed by atoms with E-state index in [0.717, 1.165) is 53.7 Å². The molecule has 2 N–H and O–H groups in total. The van der Waals surface area contributed by atoms with E-state index in [9.17, 15) is 4.39 Å². The number of aromatic nitrogens is 3. The number of hydrogen-bond acceptors (Lipinski definition) is 6. The summed E-state index contributed by atoms with van der Waals surface area (Å²) in [5.41, 5.74) is 3.30. The Kier molecular flexibility index (Phi) is 5.41. The van der Waals surface area contributed by atoms with Gasteiger partial charge in [0.2, 0.25) is 5.95 Å². The molecule has 2 aromatic heterocycles. The molecule has 31 heavy (non-hydrogen) atoms. The molecule has 0 atom stereocenters. The summed E-state index contributed by atoms with van der Waals surface area (Å²) in [5.74, 6) is 0.868. The summed E-state index contributed by atoms with van der Waals surface area (Å²) in [6.07, 6.45) is 7.42. The van der Waals surface area contributed by atoms with Crippen LogP contribution >= 0.6 is 0 Å². The van der Waals surface area contributed by atoms with E-state index in [-0.39, 0.29) is 11.9 Å². The summed E-state index contributed by atoms with van der Waals surface area (Å²) in [6.45, 7) is 1.90. The van der Waals surface area contributed by atoms with Crippen molar-refractivity contribution in [3.8, 4) is 16.9 Å². The van der Waals surface area contributed by atoms with E-state index in [1.165, 1.54) is 12.1 Å². The van der Waals surface area contributed by atoms with Gasteiger partial charge in [0, 0.05) is 46.9 Å². The molecule has 5 rings (SSSR count). The van der Waals surface area contributed by atoms with Crippen LogP contribution in [0.2, 0.25) is 0 Å². The molecule has 0 aliphatic carbocycles. The van der Waals surface area contributed by atoms with Gasteiger partial charge in [0.25, 0.3) is 0 Å². The Morgan fingerprint density at radius 3 is 2.74 bits per heavy atom. The third-order valence-corrected chi connectivity index (χ3v) is 5.31. The number of piperidine rings is 1. The number of nitrogens with one attached hydrogen (secondary N) is 2. The molecule has 1 saturated heterocycles. The number of rotatable bonds is 5. The van der Waals surface area contributed by atoms with E-state index in [2.05, 4.69) is 25.6 Å². The van der Waals surface area contributed by atoms with Gasteiger partial charge in [-0.2, -0.15) is 0 Å². The van der Waals surface area contributed by atoms with Crippen LogP contribution in [-0.2, 0) is 0 Å². The van der Waals surface area contributed by atoms with Gasteiger partial charge >= 0.3 is 0 Å². The molecule has 0 amide bonds. The summed E-state index contributed by atoms with van der Waals surface area (Å²) in [6, 6.07) is 14.1. The Labute approximate surface area is 179 Å². The van der Waals surface area contributed by atoms with Crippen LogP contribution in [0.5, 0.6) is 5.75 Å². The molecular weight excluding hydrogens is 393 g/mol. The summed E-state index contributed by atoms with van der Waals surface area (Å²) < 4.78 is 19.9. The number of halogens is 1. The fourth-order valence-electron chi connectivity index (χ4n) is 3.75. The normalized spacial score (nSPS) is 14.5. The monoisotopic (exact) mass is 415 g/mol. The van der Waals surface area contributed by atoms with Crippen LogP contribution < -0.4 is 15.4 Å². The molecule has 156 valence electrons. The highest BCUT2D eigenvalue weighted by Gasteiger charge is 2.18. The van der Waals surface area contributed by atoms with Crippen LogP contribution in [-0.4, -0.2) is 34.1 Å². The van der Waals surface area contributed by atoms with Gasteiger partial charge in [0.05, 0.1) is 5.52 Å². The topological polar surface area (TPSA) is 72.0 Å². The molecule has 0 spiro atoms. The van der Waals surface area contributed by atoms with Crippen LogP contribution in [0, 0.1) is 5.82 Å². The second-order valence-corrected chi connectivity index (χ2v) is 7.55. The van der Waals surface area contributed by atoms with E-state index in [4.69, 9.17) is 4.74 Å². The van der Waals surface area contributed by atoms with Gasteiger partial charge < -0.3 is 15.4 Å². The van der Waals surface area contributed by atoms with Crippen LogP contribution in [0.15, 0.2) is 67.1 Å². The molecule has 1 fully saturated rings. The fraction of sp³-hybridized carbons (Fsp3) is 0.208. The minimum absolute atomic E-state index is 0.154. The predicted molar refractivity (Wildman–Crippen MR) is 119 cm³/mol. The first kappa shape index (κ1) is 19.4. The van der Waals surface area contributed by atoms with Crippen molar-refractivity contribution in [1.82, 2.24) is 20.3 Å². The smallest absolute Gasteiger partial charge is 0.227 e. The quantitative estimate of drug-likeness (QED) is 0.492. The Morgan fingerprint density at radius 2 is 1.94 bits per heavy atom. The zero-order chi connectivity index (χ0) is 21.0. The number of hydrogen-bond donors (Lipinski definition) is 2. The minimum atomic E-state index is -0.315. The SMILES string of the molecule is Fc1cccc(Nc2ncc3cc(-c4cccnc4)c(OC4CCNCC4)cc3n2)c1. The fourth-order valence-corrected chi connectivity index (χ4v) is 3.75. The number of nitrogens with zero attached hydrogens (tertiary/aromatic N) is 3. The van der Waals surface area contributed by atoms with Gasteiger partial charge in [-0.05, 0) is 56.3 Å². The highest BCUT2D eigenvalue weighted by molar-refractivity contribution is 5.88. The highest BCUT2D eigenvalue weighted by atomic mass is 19.1. The van der Waals surface area contributed by atoms with Crippen molar-refractivity contribution in [2.24, 2.45) is 0 Å². The van der Waals surface area contributed by atoms with Crippen molar-refractivity contribution in [3.05, 3.63) is 72.9 Å². The molecule has 4 aromatic rings.